The van der Waals surface area contributed by atoms with Gasteiger partial charge in [0.25, 0.3) is 0 Å². The molecular formula is C9H17N3O2S. The number of nitrogens with two attached hydrogens (primary N) is 1. The number of hydrogen-bond acceptors (Lipinski definition) is 3. The number of hydrogen-bond donors (Lipinski definition) is 3. The molecule has 0 fully saturated rings. The van der Waals surface area contributed by atoms with Gasteiger partial charge in [-0.1, -0.05) is 6.92 Å². The molecule has 4 N–H and O–H groups in total. The van der Waals surface area contributed by atoms with E-state index in [9.17, 15) is 8.42 Å². The van der Waals surface area contributed by atoms with Crippen molar-refractivity contribution >= 4 is 10.0 Å². The molecule has 5 nitrogen and oxygen atoms in total. The third-order valence-corrected chi connectivity index (χ3v) is 3.78. The van der Waals surface area contributed by atoms with Crippen LogP contribution in [0.2, 0.25) is 0 Å². The normalized spacial score (nSPS) is 14.1. The summed E-state index contributed by atoms with van der Waals surface area (Å²) in [4.78, 5) is 3.05. The summed E-state index contributed by atoms with van der Waals surface area (Å²) >= 11 is 0. The van der Waals surface area contributed by atoms with Gasteiger partial charge in [-0.3, -0.25) is 0 Å². The number of nitrogens with one attached hydrogen (secondary N) is 2. The summed E-state index contributed by atoms with van der Waals surface area (Å²) in [6.45, 7) is 4.06. The highest BCUT2D eigenvalue weighted by Crippen LogP contribution is 2.11. The van der Waals surface area contributed by atoms with Crippen LogP contribution in [0.25, 0.3) is 0 Å². The Balaban J connectivity index is 2.86. The van der Waals surface area contributed by atoms with Crippen LogP contribution in [0.5, 0.6) is 0 Å². The predicted octanol–water partition coefficient (Wildman–Crippen LogP) is 0.550. The molecule has 0 aromatic carbocycles. The Morgan fingerprint density at radius 2 is 2.27 bits per heavy atom. The lowest BCUT2D eigenvalue weighted by atomic mass is 10.3. The van der Waals surface area contributed by atoms with Gasteiger partial charge in [-0.2, -0.15) is 0 Å². The van der Waals surface area contributed by atoms with E-state index in [1.165, 1.54) is 6.20 Å². The van der Waals surface area contributed by atoms with Crippen molar-refractivity contribution in [1.82, 2.24) is 9.71 Å². The van der Waals surface area contributed by atoms with Gasteiger partial charge in [0.1, 0.15) is 0 Å². The van der Waals surface area contributed by atoms with Crippen LogP contribution in [0.1, 0.15) is 26.0 Å². The highest BCUT2D eigenvalue weighted by atomic mass is 32.2. The number of aromatic nitrogens is 1. The lowest BCUT2D eigenvalue weighted by Gasteiger charge is -2.10. The van der Waals surface area contributed by atoms with E-state index < -0.39 is 10.0 Å². The molecule has 0 saturated heterocycles. The molecule has 15 heavy (non-hydrogen) atoms. The fourth-order valence-electron chi connectivity index (χ4n) is 1.11. The molecule has 0 aliphatic rings. The SMILES string of the molecule is CCC(C)NS(=O)(=O)c1c[nH]c(CN)c1. The van der Waals surface area contributed by atoms with Crippen LogP contribution in [0.3, 0.4) is 0 Å². The monoisotopic (exact) mass is 231 g/mol. The molecule has 0 radical (unpaired) electrons. The second-order valence-corrected chi connectivity index (χ2v) is 5.21. The maximum absolute atomic E-state index is 11.8. The molecule has 1 aromatic rings. The topological polar surface area (TPSA) is 88.0 Å². The Hall–Kier alpha value is -0.850. The molecule has 0 aliphatic heterocycles. The van der Waals surface area contributed by atoms with Gasteiger partial charge < -0.3 is 10.7 Å². The van der Waals surface area contributed by atoms with Gasteiger partial charge in [0, 0.05) is 24.5 Å². The third kappa shape index (κ3) is 3.05. The number of aromatic amines is 1. The Morgan fingerprint density at radius 1 is 1.60 bits per heavy atom. The summed E-state index contributed by atoms with van der Waals surface area (Å²) < 4.78 is 26.1. The van der Waals surface area contributed by atoms with Crippen molar-refractivity contribution in [2.75, 3.05) is 0 Å². The molecule has 1 unspecified atom stereocenters. The maximum Gasteiger partial charge on any atom is 0.242 e. The first-order valence-corrected chi connectivity index (χ1v) is 6.37. The molecule has 6 heteroatoms. The van der Waals surface area contributed by atoms with E-state index in [4.69, 9.17) is 5.73 Å². The fraction of sp³-hybridized carbons (Fsp3) is 0.556. The predicted molar refractivity (Wildman–Crippen MR) is 58.8 cm³/mol. The standard InChI is InChI=1S/C9H17N3O2S/c1-3-7(2)12-15(13,14)9-4-8(5-10)11-6-9/h4,6-7,11-12H,3,5,10H2,1-2H3. The number of H-pyrrole nitrogens is 1. The van der Waals surface area contributed by atoms with E-state index >= 15 is 0 Å². The molecule has 1 atom stereocenters. The second kappa shape index (κ2) is 4.78. The Labute approximate surface area is 90.1 Å². The number of sulfonamides is 1. The van der Waals surface area contributed by atoms with Crippen molar-refractivity contribution in [3.8, 4) is 0 Å². The van der Waals surface area contributed by atoms with E-state index in [1.807, 2.05) is 13.8 Å². The first-order chi connectivity index (χ1) is 6.99. The van der Waals surface area contributed by atoms with Crippen LogP contribution in [-0.2, 0) is 16.6 Å². The summed E-state index contributed by atoms with van der Waals surface area (Å²) in [5.41, 5.74) is 6.10. The van der Waals surface area contributed by atoms with Crippen molar-refractivity contribution in [3.63, 3.8) is 0 Å². The Morgan fingerprint density at radius 3 is 2.73 bits per heavy atom. The molecule has 86 valence electrons. The van der Waals surface area contributed by atoms with E-state index in [1.54, 1.807) is 6.07 Å². The zero-order valence-electron chi connectivity index (χ0n) is 8.95. The summed E-state index contributed by atoms with van der Waals surface area (Å²) in [6.07, 6.45) is 2.21. The smallest absolute Gasteiger partial charge is 0.242 e. The minimum absolute atomic E-state index is 0.0637. The first-order valence-electron chi connectivity index (χ1n) is 4.89. The van der Waals surface area contributed by atoms with Gasteiger partial charge in [0.15, 0.2) is 0 Å². The van der Waals surface area contributed by atoms with Gasteiger partial charge in [-0.15, -0.1) is 0 Å². The van der Waals surface area contributed by atoms with E-state index in [0.717, 1.165) is 6.42 Å². The average Bonchev–Trinajstić information content (AvgIpc) is 2.65. The molecule has 1 aromatic heterocycles. The second-order valence-electron chi connectivity index (χ2n) is 3.50. The van der Waals surface area contributed by atoms with Gasteiger partial charge >= 0.3 is 0 Å². The molecule has 0 aliphatic carbocycles. The van der Waals surface area contributed by atoms with Crippen LogP contribution in [0.4, 0.5) is 0 Å². The zero-order valence-corrected chi connectivity index (χ0v) is 9.76. The largest absolute Gasteiger partial charge is 0.363 e. The van der Waals surface area contributed by atoms with Crippen LogP contribution in [0, 0.1) is 0 Å². The molecular weight excluding hydrogens is 214 g/mol. The minimum atomic E-state index is -3.40. The van der Waals surface area contributed by atoms with Gasteiger partial charge in [-0.05, 0) is 19.4 Å². The van der Waals surface area contributed by atoms with E-state index in [2.05, 4.69) is 9.71 Å². The lowest BCUT2D eigenvalue weighted by Crippen LogP contribution is -2.31. The highest BCUT2D eigenvalue weighted by Gasteiger charge is 2.17. The summed E-state index contributed by atoms with van der Waals surface area (Å²) in [5.74, 6) is 0. The lowest BCUT2D eigenvalue weighted by molar-refractivity contribution is 0.556. The van der Waals surface area contributed by atoms with Crippen molar-refractivity contribution in [1.29, 1.82) is 0 Å². The van der Waals surface area contributed by atoms with Gasteiger partial charge in [-0.25, -0.2) is 13.1 Å². The molecule has 1 rings (SSSR count). The average molecular weight is 231 g/mol. The summed E-state index contributed by atoms with van der Waals surface area (Å²) in [7, 11) is -3.40. The highest BCUT2D eigenvalue weighted by molar-refractivity contribution is 7.89. The Bertz CT molecular complexity index is 411. The van der Waals surface area contributed by atoms with Crippen molar-refractivity contribution in [3.05, 3.63) is 18.0 Å². The molecule has 0 bridgehead atoms. The van der Waals surface area contributed by atoms with Crippen LogP contribution < -0.4 is 10.5 Å². The molecule has 0 amide bonds. The van der Waals surface area contributed by atoms with Crippen molar-refractivity contribution < 1.29 is 8.42 Å². The molecule has 0 spiro atoms. The molecule has 0 saturated carbocycles. The minimum Gasteiger partial charge on any atom is -0.363 e. The zero-order chi connectivity index (χ0) is 11.5. The summed E-state index contributed by atoms with van der Waals surface area (Å²) in [6, 6.07) is 1.48. The fourth-order valence-corrected chi connectivity index (χ4v) is 2.45. The third-order valence-electron chi connectivity index (χ3n) is 2.22. The van der Waals surface area contributed by atoms with Crippen LogP contribution >= 0.6 is 0 Å². The Kier molecular flexibility index (Phi) is 3.90. The molecule has 1 heterocycles. The van der Waals surface area contributed by atoms with E-state index in [-0.39, 0.29) is 10.9 Å². The van der Waals surface area contributed by atoms with E-state index in [0.29, 0.717) is 12.2 Å². The van der Waals surface area contributed by atoms with Crippen molar-refractivity contribution in [2.24, 2.45) is 5.73 Å². The van der Waals surface area contributed by atoms with Crippen molar-refractivity contribution in [2.45, 2.75) is 37.8 Å². The summed E-state index contributed by atoms with van der Waals surface area (Å²) in [5, 5.41) is 0. The van der Waals surface area contributed by atoms with Gasteiger partial charge in [0.05, 0.1) is 4.90 Å². The number of rotatable bonds is 5. The maximum atomic E-state index is 11.8. The van der Waals surface area contributed by atoms with Crippen LogP contribution in [0.15, 0.2) is 17.2 Å². The van der Waals surface area contributed by atoms with Crippen LogP contribution in [-0.4, -0.2) is 19.4 Å². The van der Waals surface area contributed by atoms with Gasteiger partial charge in [0.2, 0.25) is 10.0 Å². The quantitative estimate of drug-likeness (QED) is 0.691. The first kappa shape index (κ1) is 12.2.